The van der Waals surface area contributed by atoms with Gasteiger partial charge in [-0.25, -0.2) is 8.78 Å². The van der Waals surface area contributed by atoms with E-state index in [0.717, 1.165) is 18.2 Å². The van der Waals surface area contributed by atoms with Crippen LogP contribution in [0.1, 0.15) is 31.9 Å². The first-order valence-corrected chi connectivity index (χ1v) is 6.25. The number of rotatable bonds is 7. The summed E-state index contributed by atoms with van der Waals surface area (Å²) in [6.45, 7) is 4.11. The van der Waals surface area contributed by atoms with Gasteiger partial charge in [0.2, 0.25) is 0 Å². The predicted molar refractivity (Wildman–Crippen MR) is 69.9 cm³/mol. The minimum atomic E-state index is -0.950. The Morgan fingerprint density at radius 1 is 1.42 bits per heavy atom. The minimum absolute atomic E-state index is 0.252. The number of ether oxygens (including phenoxy) is 1. The Morgan fingerprint density at radius 2 is 2.11 bits per heavy atom. The highest BCUT2D eigenvalue weighted by Crippen LogP contribution is 2.19. The summed E-state index contributed by atoms with van der Waals surface area (Å²) in [7, 11) is 1.56. The third kappa shape index (κ3) is 5.22. The van der Waals surface area contributed by atoms with Gasteiger partial charge in [-0.3, -0.25) is 0 Å². The van der Waals surface area contributed by atoms with Crippen molar-refractivity contribution in [1.29, 1.82) is 0 Å². The van der Waals surface area contributed by atoms with Gasteiger partial charge in [0, 0.05) is 38.3 Å². The second-order valence-electron chi connectivity index (χ2n) is 5.01. The molecule has 0 heterocycles. The molecule has 0 radical (unpaired) electrons. The van der Waals surface area contributed by atoms with Crippen molar-refractivity contribution in [1.82, 2.24) is 5.32 Å². The zero-order chi connectivity index (χ0) is 14.5. The monoisotopic (exact) mass is 273 g/mol. The molecule has 0 aromatic heterocycles. The second-order valence-corrected chi connectivity index (χ2v) is 5.01. The molecule has 1 aromatic rings. The van der Waals surface area contributed by atoms with E-state index < -0.39 is 17.2 Å². The number of halogens is 2. The molecule has 0 aliphatic rings. The molecule has 0 amide bonds. The van der Waals surface area contributed by atoms with E-state index in [9.17, 15) is 13.9 Å². The maximum absolute atomic E-state index is 13.6. The first kappa shape index (κ1) is 16.0. The van der Waals surface area contributed by atoms with Crippen LogP contribution in [0.3, 0.4) is 0 Å². The molecule has 0 saturated heterocycles. The number of benzene rings is 1. The molecule has 2 N–H and O–H groups in total. The smallest absolute Gasteiger partial charge is 0.128 e. The van der Waals surface area contributed by atoms with Crippen molar-refractivity contribution in [2.24, 2.45) is 0 Å². The molecule has 0 saturated carbocycles. The van der Waals surface area contributed by atoms with E-state index in [-0.39, 0.29) is 18.2 Å². The van der Waals surface area contributed by atoms with Crippen LogP contribution in [0, 0.1) is 11.6 Å². The Kier molecular flexibility index (Phi) is 5.85. The van der Waals surface area contributed by atoms with Crippen molar-refractivity contribution in [3.63, 3.8) is 0 Å². The Hall–Kier alpha value is -1.04. The highest BCUT2D eigenvalue weighted by atomic mass is 19.1. The number of nitrogens with one attached hydrogen (secondary N) is 1. The maximum Gasteiger partial charge on any atom is 0.128 e. The molecule has 0 spiro atoms. The third-order valence-corrected chi connectivity index (χ3v) is 3.06. The van der Waals surface area contributed by atoms with Crippen molar-refractivity contribution in [3.8, 4) is 0 Å². The van der Waals surface area contributed by atoms with Gasteiger partial charge in [0.05, 0.1) is 5.60 Å². The van der Waals surface area contributed by atoms with Gasteiger partial charge in [-0.05, 0) is 32.0 Å². The molecule has 3 nitrogen and oxygen atoms in total. The van der Waals surface area contributed by atoms with Crippen LogP contribution in [-0.4, -0.2) is 31.0 Å². The van der Waals surface area contributed by atoms with Crippen LogP contribution in [0.5, 0.6) is 0 Å². The topological polar surface area (TPSA) is 41.5 Å². The summed E-state index contributed by atoms with van der Waals surface area (Å²) < 4.78 is 31.5. The van der Waals surface area contributed by atoms with Gasteiger partial charge in [0.15, 0.2) is 0 Å². The molecule has 0 bridgehead atoms. The molecule has 1 aromatic carbocycles. The molecule has 0 aliphatic heterocycles. The van der Waals surface area contributed by atoms with Crippen molar-refractivity contribution in [3.05, 3.63) is 35.4 Å². The van der Waals surface area contributed by atoms with Crippen LogP contribution in [-0.2, 0) is 4.74 Å². The van der Waals surface area contributed by atoms with Crippen molar-refractivity contribution < 1.29 is 18.6 Å². The number of hydrogen-bond acceptors (Lipinski definition) is 3. The van der Waals surface area contributed by atoms with Crippen LogP contribution < -0.4 is 5.32 Å². The lowest BCUT2D eigenvalue weighted by molar-refractivity contribution is 0.0230. The van der Waals surface area contributed by atoms with Gasteiger partial charge in [-0.1, -0.05) is 0 Å². The van der Waals surface area contributed by atoms with Crippen LogP contribution in [0.4, 0.5) is 8.78 Å². The average Bonchev–Trinajstić information content (AvgIpc) is 2.36. The fraction of sp³-hybridized carbons (Fsp3) is 0.571. The zero-order valence-electron chi connectivity index (χ0n) is 11.5. The quantitative estimate of drug-likeness (QED) is 0.801. The van der Waals surface area contributed by atoms with Crippen LogP contribution in [0.2, 0.25) is 0 Å². The van der Waals surface area contributed by atoms with Crippen LogP contribution in [0.15, 0.2) is 18.2 Å². The molecule has 0 aliphatic carbocycles. The Balaban J connectivity index is 2.59. The fourth-order valence-electron chi connectivity index (χ4n) is 1.74. The molecular formula is C14H21F2NO2. The van der Waals surface area contributed by atoms with Crippen molar-refractivity contribution >= 4 is 0 Å². The zero-order valence-corrected chi connectivity index (χ0v) is 11.5. The van der Waals surface area contributed by atoms with E-state index in [4.69, 9.17) is 4.74 Å². The van der Waals surface area contributed by atoms with Gasteiger partial charge in [-0.15, -0.1) is 0 Å². The number of methoxy groups -OCH3 is 1. The van der Waals surface area contributed by atoms with Gasteiger partial charge < -0.3 is 15.2 Å². The van der Waals surface area contributed by atoms with Crippen molar-refractivity contribution in [2.75, 3.05) is 20.3 Å². The number of hydrogen-bond donors (Lipinski definition) is 2. The number of aliphatic hydroxyl groups is 1. The summed E-state index contributed by atoms with van der Waals surface area (Å²) in [5, 5.41) is 13.1. The van der Waals surface area contributed by atoms with E-state index >= 15 is 0 Å². The SMILES string of the molecule is COCCC(C)(O)CNC(C)c1cc(F)ccc1F. The lowest BCUT2D eigenvalue weighted by Gasteiger charge is -2.26. The van der Waals surface area contributed by atoms with Gasteiger partial charge in [0.25, 0.3) is 0 Å². The average molecular weight is 273 g/mol. The highest BCUT2D eigenvalue weighted by molar-refractivity contribution is 5.21. The summed E-state index contributed by atoms with van der Waals surface area (Å²) >= 11 is 0. The normalized spacial score (nSPS) is 16.1. The molecule has 19 heavy (non-hydrogen) atoms. The molecule has 2 unspecified atom stereocenters. The maximum atomic E-state index is 13.6. The predicted octanol–water partition coefficient (Wildman–Crippen LogP) is 2.40. The van der Waals surface area contributed by atoms with E-state index in [1.54, 1.807) is 21.0 Å². The lowest BCUT2D eigenvalue weighted by Crippen LogP contribution is -2.39. The Bertz CT molecular complexity index is 410. The first-order chi connectivity index (χ1) is 8.85. The summed E-state index contributed by atoms with van der Waals surface area (Å²) in [5.41, 5.74) is -0.698. The van der Waals surface area contributed by atoms with Crippen molar-refractivity contribution in [2.45, 2.75) is 31.9 Å². The van der Waals surface area contributed by atoms with E-state index in [1.807, 2.05) is 0 Å². The largest absolute Gasteiger partial charge is 0.389 e. The summed E-state index contributed by atoms with van der Waals surface area (Å²) in [6, 6.07) is 2.97. The van der Waals surface area contributed by atoms with Gasteiger partial charge in [-0.2, -0.15) is 0 Å². The first-order valence-electron chi connectivity index (χ1n) is 6.25. The van der Waals surface area contributed by atoms with E-state index in [2.05, 4.69) is 5.32 Å². The molecule has 108 valence electrons. The highest BCUT2D eigenvalue weighted by Gasteiger charge is 2.21. The lowest BCUT2D eigenvalue weighted by atomic mass is 10.0. The Labute approximate surface area is 112 Å². The molecule has 2 atom stereocenters. The molecule has 0 fully saturated rings. The summed E-state index contributed by atoms with van der Waals surface area (Å²) in [6.07, 6.45) is 0.467. The van der Waals surface area contributed by atoms with E-state index in [0.29, 0.717) is 13.0 Å². The second kappa shape index (κ2) is 6.93. The van der Waals surface area contributed by atoms with Crippen LogP contribution >= 0.6 is 0 Å². The van der Waals surface area contributed by atoms with Crippen LogP contribution in [0.25, 0.3) is 0 Å². The Morgan fingerprint density at radius 3 is 2.74 bits per heavy atom. The van der Waals surface area contributed by atoms with Gasteiger partial charge >= 0.3 is 0 Å². The molecule has 5 heteroatoms. The van der Waals surface area contributed by atoms with Gasteiger partial charge in [0.1, 0.15) is 11.6 Å². The molecular weight excluding hydrogens is 252 g/mol. The van der Waals surface area contributed by atoms with E-state index in [1.165, 1.54) is 0 Å². The molecule has 1 rings (SSSR count). The fourth-order valence-corrected chi connectivity index (χ4v) is 1.74. The standard InChI is InChI=1S/C14H21F2NO2/c1-10(12-8-11(15)4-5-13(12)16)17-9-14(2,18)6-7-19-3/h4-5,8,10,17-18H,6-7,9H2,1-3H3. The minimum Gasteiger partial charge on any atom is -0.389 e. The summed E-state index contributed by atoms with van der Waals surface area (Å²) in [5.74, 6) is -0.936. The summed E-state index contributed by atoms with van der Waals surface area (Å²) in [4.78, 5) is 0. The third-order valence-electron chi connectivity index (χ3n) is 3.06.